The first kappa shape index (κ1) is 13.5. The molecule has 2 N–H and O–H groups in total. The van der Waals surface area contributed by atoms with Crippen molar-refractivity contribution in [2.75, 3.05) is 12.3 Å². The molecule has 2 aromatic rings. The van der Waals surface area contributed by atoms with Crippen LogP contribution in [0.1, 0.15) is 26.1 Å². The third-order valence-corrected chi connectivity index (χ3v) is 3.11. The number of anilines is 1. The summed E-state index contributed by atoms with van der Waals surface area (Å²) in [6, 6.07) is 7.93. The van der Waals surface area contributed by atoms with Crippen LogP contribution in [0.5, 0.6) is 5.75 Å². The molecule has 0 aliphatic heterocycles. The van der Waals surface area contributed by atoms with Crippen molar-refractivity contribution < 1.29 is 4.74 Å². The maximum absolute atomic E-state index is 6.13. The number of aromatic nitrogens is 2. The van der Waals surface area contributed by atoms with E-state index in [2.05, 4.69) is 18.8 Å². The second-order valence-electron chi connectivity index (χ2n) is 4.51. The van der Waals surface area contributed by atoms with Crippen LogP contribution in [0.2, 0.25) is 0 Å². The van der Waals surface area contributed by atoms with Gasteiger partial charge in [0.25, 0.3) is 0 Å². The summed E-state index contributed by atoms with van der Waals surface area (Å²) in [5.41, 5.74) is 8.01. The van der Waals surface area contributed by atoms with Crippen LogP contribution < -0.4 is 10.5 Å². The average molecular weight is 259 g/mol. The van der Waals surface area contributed by atoms with E-state index in [0.29, 0.717) is 0 Å². The number of hydrogen-bond donors (Lipinski definition) is 1. The Morgan fingerprint density at radius 2 is 1.89 bits per heavy atom. The maximum Gasteiger partial charge on any atom is 0.131 e. The average Bonchev–Trinajstić information content (AvgIpc) is 2.72. The van der Waals surface area contributed by atoms with E-state index in [4.69, 9.17) is 10.5 Å². The van der Waals surface area contributed by atoms with E-state index in [1.807, 2.05) is 35.8 Å². The fourth-order valence-electron chi connectivity index (χ4n) is 2.12. The lowest BCUT2D eigenvalue weighted by Crippen LogP contribution is -2.02. The molecule has 0 saturated carbocycles. The first-order valence-corrected chi connectivity index (χ1v) is 6.73. The van der Waals surface area contributed by atoms with Gasteiger partial charge in [0, 0.05) is 12.1 Å². The molecule has 1 aromatic heterocycles. The topological polar surface area (TPSA) is 53.1 Å². The molecule has 0 fully saturated rings. The summed E-state index contributed by atoms with van der Waals surface area (Å²) in [5.74, 6) is 2.55. The van der Waals surface area contributed by atoms with Crippen molar-refractivity contribution >= 4 is 5.82 Å². The van der Waals surface area contributed by atoms with Crippen molar-refractivity contribution in [3.8, 4) is 17.0 Å². The number of rotatable bonds is 5. The standard InChI is InChI=1S/C15H21N3O/c1-4-10-19-13-8-6-12(7-9-13)14-15(16)18(5-2)11(3)17-14/h6-9H,4-5,10,16H2,1-3H3. The van der Waals surface area contributed by atoms with Gasteiger partial charge >= 0.3 is 0 Å². The second-order valence-corrected chi connectivity index (χ2v) is 4.51. The van der Waals surface area contributed by atoms with Gasteiger partial charge in [-0.3, -0.25) is 0 Å². The van der Waals surface area contributed by atoms with Crippen LogP contribution in [-0.2, 0) is 6.54 Å². The zero-order valence-corrected chi connectivity index (χ0v) is 11.8. The lowest BCUT2D eigenvalue weighted by atomic mass is 10.1. The minimum absolute atomic E-state index is 0.724. The summed E-state index contributed by atoms with van der Waals surface area (Å²) in [4.78, 5) is 4.54. The van der Waals surface area contributed by atoms with Crippen LogP contribution in [0.3, 0.4) is 0 Å². The Balaban J connectivity index is 2.27. The van der Waals surface area contributed by atoms with Crippen LogP contribution in [0.15, 0.2) is 24.3 Å². The van der Waals surface area contributed by atoms with Gasteiger partial charge in [0.15, 0.2) is 0 Å². The molecular weight excluding hydrogens is 238 g/mol. The molecule has 2 rings (SSSR count). The quantitative estimate of drug-likeness (QED) is 0.896. The van der Waals surface area contributed by atoms with Crippen molar-refractivity contribution in [2.45, 2.75) is 33.7 Å². The highest BCUT2D eigenvalue weighted by Crippen LogP contribution is 2.27. The third-order valence-electron chi connectivity index (χ3n) is 3.11. The largest absolute Gasteiger partial charge is 0.494 e. The molecule has 1 aromatic carbocycles. The predicted octanol–water partition coefficient (Wildman–Crippen LogP) is 3.25. The lowest BCUT2D eigenvalue weighted by molar-refractivity contribution is 0.317. The summed E-state index contributed by atoms with van der Waals surface area (Å²) >= 11 is 0. The Kier molecular flexibility index (Phi) is 4.10. The van der Waals surface area contributed by atoms with Gasteiger partial charge in [0.05, 0.1) is 6.61 Å². The number of nitrogen functional groups attached to an aromatic ring is 1. The van der Waals surface area contributed by atoms with E-state index >= 15 is 0 Å². The fraction of sp³-hybridized carbons (Fsp3) is 0.400. The van der Waals surface area contributed by atoms with Gasteiger partial charge in [-0.2, -0.15) is 0 Å². The minimum Gasteiger partial charge on any atom is -0.494 e. The van der Waals surface area contributed by atoms with Gasteiger partial charge in [-0.1, -0.05) is 6.92 Å². The number of ether oxygens (including phenoxy) is 1. The molecule has 1 heterocycles. The monoisotopic (exact) mass is 259 g/mol. The van der Waals surface area contributed by atoms with Crippen LogP contribution in [0, 0.1) is 6.92 Å². The summed E-state index contributed by atoms with van der Waals surface area (Å²) in [6.45, 7) is 7.71. The zero-order chi connectivity index (χ0) is 13.8. The normalized spacial score (nSPS) is 10.7. The molecule has 0 radical (unpaired) electrons. The van der Waals surface area contributed by atoms with E-state index in [1.54, 1.807) is 0 Å². The molecule has 0 spiro atoms. The van der Waals surface area contributed by atoms with Crippen molar-refractivity contribution in [3.05, 3.63) is 30.1 Å². The van der Waals surface area contributed by atoms with Crippen LogP contribution in [0.25, 0.3) is 11.3 Å². The van der Waals surface area contributed by atoms with Crippen molar-refractivity contribution in [3.63, 3.8) is 0 Å². The molecule has 0 aliphatic carbocycles. The Morgan fingerprint density at radius 1 is 1.21 bits per heavy atom. The van der Waals surface area contributed by atoms with Gasteiger partial charge in [-0.05, 0) is 44.5 Å². The van der Waals surface area contributed by atoms with Crippen molar-refractivity contribution in [1.29, 1.82) is 0 Å². The highest BCUT2D eigenvalue weighted by Gasteiger charge is 2.12. The fourth-order valence-corrected chi connectivity index (χ4v) is 2.12. The van der Waals surface area contributed by atoms with Crippen LogP contribution >= 0.6 is 0 Å². The highest BCUT2D eigenvalue weighted by molar-refractivity contribution is 5.71. The minimum atomic E-state index is 0.724. The van der Waals surface area contributed by atoms with E-state index < -0.39 is 0 Å². The third kappa shape index (κ3) is 2.72. The zero-order valence-electron chi connectivity index (χ0n) is 11.8. The number of nitrogens with two attached hydrogens (primary N) is 1. The van der Waals surface area contributed by atoms with Crippen LogP contribution in [0.4, 0.5) is 5.82 Å². The first-order valence-electron chi connectivity index (χ1n) is 6.73. The number of nitrogens with zero attached hydrogens (tertiary/aromatic N) is 2. The van der Waals surface area contributed by atoms with E-state index in [1.165, 1.54) is 0 Å². The SMILES string of the molecule is CCCOc1ccc(-c2nc(C)n(CC)c2N)cc1. The van der Waals surface area contributed by atoms with Crippen LogP contribution in [-0.4, -0.2) is 16.2 Å². The molecule has 0 saturated heterocycles. The summed E-state index contributed by atoms with van der Waals surface area (Å²) in [6.07, 6.45) is 1.01. The Morgan fingerprint density at radius 3 is 2.42 bits per heavy atom. The molecule has 0 aliphatic rings. The van der Waals surface area contributed by atoms with Crippen molar-refractivity contribution in [2.24, 2.45) is 0 Å². The molecule has 19 heavy (non-hydrogen) atoms. The number of imidazole rings is 1. The van der Waals surface area contributed by atoms with E-state index in [9.17, 15) is 0 Å². The number of hydrogen-bond acceptors (Lipinski definition) is 3. The smallest absolute Gasteiger partial charge is 0.131 e. The van der Waals surface area contributed by atoms with Crippen molar-refractivity contribution in [1.82, 2.24) is 9.55 Å². The van der Waals surface area contributed by atoms with Gasteiger partial charge in [-0.25, -0.2) is 4.98 Å². The summed E-state index contributed by atoms with van der Waals surface area (Å²) < 4.78 is 7.58. The molecule has 0 bridgehead atoms. The summed E-state index contributed by atoms with van der Waals surface area (Å²) in [7, 11) is 0. The number of aryl methyl sites for hydroxylation is 1. The molecule has 0 unspecified atom stereocenters. The molecule has 102 valence electrons. The Hall–Kier alpha value is -1.97. The van der Waals surface area contributed by atoms with Gasteiger partial charge in [0.2, 0.25) is 0 Å². The molecule has 4 heteroatoms. The van der Waals surface area contributed by atoms with Gasteiger partial charge in [-0.15, -0.1) is 0 Å². The summed E-state index contributed by atoms with van der Waals surface area (Å²) in [5, 5.41) is 0. The first-order chi connectivity index (χ1) is 9.17. The maximum atomic E-state index is 6.13. The van der Waals surface area contributed by atoms with E-state index in [0.717, 1.165) is 48.2 Å². The van der Waals surface area contributed by atoms with Gasteiger partial charge in [0.1, 0.15) is 23.1 Å². The predicted molar refractivity (Wildman–Crippen MR) is 78.3 cm³/mol. The molecule has 4 nitrogen and oxygen atoms in total. The Labute approximate surface area is 114 Å². The number of benzene rings is 1. The lowest BCUT2D eigenvalue weighted by Gasteiger charge is -2.06. The van der Waals surface area contributed by atoms with E-state index in [-0.39, 0.29) is 0 Å². The van der Waals surface area contributed by atoms with Gasteiger partial charge < -0.3 is 15.0 Å². The highest BCUT2D eigenvalue weighted by atomic mass is 16.5. The molecular formula is C15H21N3O. The Bertz CT molecular complexity index is 543. The second kappa shape index (κ2) is 5.78. The molecule has 0 atom stereocenters. The molecule has 0 amide bonds.